The van der Waals surface area contributed by atoms with Crippen LogP contribution in [0.15, 0.2) is 42.5 Å². The van der Waals surface area contributed by atoms with Crippen LogP contribution in [0.1, 0.15) is 17.4 Å². The largest absolute Gasteiger partial charge is 0.494 e. The molecule has 1 unspecified atom stereocenters. The molecule has 3 aromatic rings. The number of aromatic nitrogens is 2. The number of amides is 1. The predicted molar refractivity (Wildman–Crippen MR) is 86.7 cm³/mol. The number of methoxy groups -OCH3 is 1. The summed E-state index contributed by atoms with van der Waals surface area (Å²) in [5, 5.41) is 11.5. The highest BCUT2D eigenvalue weighted by molar-refractivity contribution is 5.75. The Labute approximate surface area is 137 Å². The van der Waals surface area contributed by atoms with Gasteiger partial charge < -0.3 is 20.1 Å². The number of para-hydroxylation sites is 2. The third kappa shape index (κ3) is 3.29. The molecule has 124 valence electrons. The molecule has 7 heteroatoms. The van der Waals surface area contributed by atoms with Gasteiger partial charge >= 0.3 is 6.09 Å². The summed E-state index contributed by atoms with van der Waals surface area (Å²) in [6, 6.07) is 11.3. The number of hydrogen-bond acceptors (Lipinski definition) is 3. The summed E-state index contributed by atoms with van der Waals surface area (Å²) in [4.78, 5) is 18.6. The lowest BCUT2D eigenvalue weighted by atomic mass is 10.1. The highest BCUT2D eigenvalue weighted by Gasteiger charge is 2.19. The predicted octanol–water partition coefficient (Wildman–Crippen LogP) is 3.26. The molecule has 0 aliphatic rings. The number of imidazole rings is 1. The minimum atomic E-state index is -1.17. The molecule has 0 saturated heterocycles. The lowest BCUT2D eigenvalue weighted by Crippen LogP contribution is -2.29. The van der Waals surface area contributed by atoms with Gasteiger partial charge in [-0.25, -0.2) is 14.2 Å². The quantitative estimate of drug-likeness (QED) is 0.670. The average molecular weight is 329 g/mol. The number of rotatable bonds is 5. The van der Waals surface area contributed by atoms with E-state index < -0.39 is 18.0 Å². The maximum absolute atomic E-state index is 13.8. The van der Waals surface area contributed by atoms with E-state index in [1.54, 1.807) is 6.07 Å². The van der Waals surface area contributed by atoms with Crippen LogP contribution in [0.3, 0.4) is 0 Å². The van der Waals surface area contributed by atoms with E-state index in [-0.39, 0.29) is 12.2 Å². The van der Waals surface area contributed by atoms with Crippen LogP contribution in [0.25, 0.3) is 11.0 Å². The van der Waals surface area contributed by atoms with Crippen molar-refractivity contribution in [3.63, 3.8) is 0 Å². The lowest BCUT2D eigenvalue weighted by molar-refractivity contribution is 0.189. The van der Waals surface area contributed by atoms with Gasteiger partial charge in [0.1, 0.15) is 5.82 Å². The minimum Gasteiger partial charge on any atom is -0.494 e. The molecule has 24 heavy (non-hydrogen) atoms. The van der Waals surface area contributed by atoms with E-state index in [9.17, 15) is 9.18 Å². The number of carboxylic acid groups (broad SMARTS) is 1. The van der Waals surface area contributed by atoms with Crippen molar-refractivity contribution in [2.75, 3.05) is 7.11 Å². The molecule has 0 aliphatic heterocycles. The van der Waals surface area contributed by atoms with Crippen molar-refractivity contribution in [3.8, 4) is 5.75 Å². The highest BCUT2D eigenvalue weighted by Crippen LogP contribution is 2.23. The fourth-order valence-corrected chi connectivity index (χ4v) is 2.58. The summed E-state index contributed by atoms with van der Waals surface area (Å²) in [5.74, 6) is 0.133. The number of halogens is 1. The number of hydrogen-bond donors (Lipinski definition) is 3. The molecule has 0 aliphatic carbocycles. The van der Waals surface area contributed by atoms with Gasteiger partial charge in [-0.1, -0.05) is 18.2 Å². The molecule has 1 heterocycles. The van der Waals surface area contributed by atoms with Crippen molar-refractivity contribution in [2.45, 2.75) is 12.5 Å². The Balaban J connectivity index is 1.91. The van der Waals surface area contributed by atoms with Gasteiger partial charge in [-0.2, -0.15) is 0 Å². The zero-order valence-corrected chi connectivity index (χ0v) is 12.9. The van der Waals surface area contributed by atoms with E-state index >= 15 is 0 Å². The number of benzene rings is 2. The number of ether oxygens (including phenoxy) is 1. The first-order valence-corrected chi connectivity index (χ1v) is 7.33. The van der Waals surface area contributed by atoms with Gasteiger partial charge in [-0.05, 0) is 29.8 Å². The average Bonchev–Trinajstić information content (AvgIpc) is 2.98. The van der Waals surface area contributed by atoms with Crippen LogP contribution in [0, 0.1) is 5.82 Å². The monoisotopic (exact) mass is 329 g/mol. The molecule has 1 amide bonds. The standard InChI is InChI=1S/C17H16FN3O3/c1-24-15-7-6-10(8-11(15)18)9-14(21-17(22)23)16-19-12-4-2-3-5-13(12)20-16/h2-8,14,21H,9H2,1H3,(H,19,20)(H,22,23). The van der Waals surface area contributed by atoms with Gasteiger partial charge in [0.05, 0.1) is 24.2 Å². The van der Waals surface area contributed by atoms with Gasteiger partial charge in [0.15, 0.2) is 11.6 Å². The number of nitrogens with zero attached hydrogens (tertiary/aromatic N) is 1. The Morgan fingerprint density at radius 1 is 1.38 bits per heavy atom. The van der Waals surface area contributed by atoms with E-state index in [0.717, 1.165) is 11.0 Å². The van der Waals surface area contributed by atoms with Gasteiger partial charge in [0.25, 0.3) is 0 Å². The van der Waals surface area contributed by atoms with Crippen molar-refractivity contribution < 1.29 is 19.0 Å². The molecule has 0 spiro atoms. The van der Waals surface area contributed by atoms with Crippen LogP contribution >= 0.6 is 0 Å². The Hall–Kier alpha value is -3.09. The summed E-state index contributed by atoms with van der Waals surface area (Å²) in [6.45, 7) is 0. The second-order valence-electron chi connectivity index (χ2n) is 5.31. The lowest BCUT2D eigenvalue weighted by Gasteiger charge is -2.15. The minimum absolute atomic E-state index is 0.144. The summed E-state index contributed by atoms with van der Waals surface area (Å²) in [7, 11) is 1.39. The summed E-state index contributed by atoms with van der Waals surface area (Å²) in [5.41, 5.74) is 2.18. The Kier molecular flexibility index (Phi) is 4.33. The second kappa shape index (κ2) is 6.57. The van der Waals surface area contributed by atoms with Crippen molar-refractivity contribution in [1.82, 2.24) is 15.3 Å². The van der Waals surface area contributed by atoms with E-state index in [2.05, 4.69) is 15.3 Å². The van der Waals surface area contributed by atoms with Crippen molar-refractivity contribution in [1.29, 1.82) is 0 Å². The van der Waals surface area contributed by atoms with Crippen LogP contribution in [0.5, 0.6) is 5.75 Å². The number of nitrogens with one attached hydrogen (secondary N) is 2. The molecule has 2 aromatic carbocycles. The molecular formula is C17H16FN3O3. The zero-order valence-electron chi connectivity index (χ0n) is 12.9. The summed E-state index contributed by atoms with van der Waals surface area (Å²) >= 11 is 0. The highest BCUT2D eigenvalue weighted by atomic mass is 19.1. The smallest absolute Gasteiger partial charge is 0.405 e. The van der Waals surface area contributed by atoms with E-state index in [0.29, 0.717) is 11.4 Å². The number of H-pyrrole nitrogens is 1. The maximum Gasteiger partial charge on any atom is 0.405 e. The van der Waals surface area contributed by atoms with Crippen molar-refractivity contribution >= 4 is 17.1 Å². The molecule has 6 nitrogen and oxygen atoms in total. The molecule has 0 radical (unpaired) electrons. The maximum atomic E-state index is 13.8. The second-order valence-corrected chi connectivity index (χ2v) is 5.31. The van der Waals surface area contributed by atoms with Crippen LogP contribution in [0.4, 0.5) is 9.18 Å². The SMILES string of the molecule is COc1ccc(CC(NC(=O)O)c2nc3ccccc3[nH]2)cc1F. The first-order chi connectivity index (χ1) is 11.6. The molecule has 0 bridgehead atoms. The van der Waals surface area contributed by atoms with Gasteiger partial charge in [0.2, 0.25) is 0 Å². The van der Waals surface area contributed by atoms with Crippen molar-refractivity contribution in [3.05, 3.63) is 59.7 Å². The van der Waals surface area contributed by atoms with Gasteiger partial charge in [-0.3, -0.25) is 0 Å². The van der Waals surface area contributed by atoms with E-state index in [1.807, 2.05) is 24.3 Å². The first kappa shape index (κ1) is 15.8. The van der Waals surface area contributed by atoms with Crippen LogP contribution in [0.2, 0.25) is 0 Å². The normalized spacial score (nSPS) is 12.1. The first-order valence-electron chi connectivity index (χ1n) is 7.33. The third-order valence-corrected chi connectivity index (χ3v) is 3.69. The van der Waals surface area contributed by atoms with Crippen molar-refractivity contribution in [2.24, 2.45) is 0 Å². The Bertz CT molecular complexity index is 845. The molecule has 3 rings (SSSR count). The Morgan fingerprint density at radius 2 is 2.17 bits per heavy atom. The Morgan fingerprint density at radius 3 is 2.83 bits per heavy atom. The molecular weight excluding hydrogens is 313 g/mol. The topological polar surface area (TPSA) is 87.2 Å². The van der Waals surface area contributed by atoms with Gasteiger partial charge in [0, 0.05) is 6.42 Å². The van der Waals surface area contributed by atoms with Crippen LogP contribution in [-0.2, 0) is 6.42 Å². The number of aromatic amines is 1. The molecule has 1 atom stereocenters. The van der Waals surface area contributed by atoms with Gasteiger partial charge in [-0.15, -0.1) is 0 Å². The van der Waals surface area contributed by atoms with Crippen LogP contribution < -0.4 is 10.1 Å². The molecule has 3 N–H and O–H groups in total. The molecule has 0 saturated carbocycles. The van der Waals surface area contributed by atoms with E-state index in [4.69, 9.17) is 9.84 Å². The number of carbonyl (C=O) groups is 1. The molecule has 0 fully saturated rings. The number of fused-ring (bicyclic) bond motifs is 1. The molecule has 1 aromatic heterocycles. The summed E-state index contributed by atoms with van der Waals surface area (Å²) < 4.78 is 18.7. The third-order valence-electron chi connectivity index (χ3n) is 3.69. The fraction of sp³-hybridized carbons (Fsp3) is 0.176. The fourth-order valence-electron chi connectivity index (χ4n) is 2.58. The van der Waals surface area contributed by atoms with Crippen LogP contribution in [-0.4, -0.2) is 28.3 Å². The zero-order chi connectivity index (χ0) is 17.1. The summed E-state index contributed by atoms with van der Waals surface area (Å²) in [6.07, 6.45) is -0.915. The van der Waals surface area contributed by atoms with E-state index in [1.165, 1.54) is 19.2 Å².